The summed E-state index contributed by atoms with van der Waals surface area (Å²) in [4.78, 5) is 27.4. The molecule has 23 heavy (non-hydrogen) atoms. The summed E-state index contributed by atoms with van der Waals surface area (Å²) in [6.07, 6.45) is -0.650. The van der Waals surface area contributed by atoms with E-state index in [2.05, 4.69) is 15.0 Å². The van der Waals surface area contributed by atoms with Gasteiger partial charge in [0.25, 0.3) is 0 Å². The molecular weight excluding hydrogens is 316 g/mol. The number of anilines is 1. The average Bonchev–Trinajstić information content (AvgIpc) is 2.92. The van der Waals surface area contributed by atoms with Gasteiger partial charge in [-0.3, -0.25) is 10.1 Å². The Bertz CT molecular complexity index is 887. The van der Waals surface area contributed by atoms with E-state index in [1.165, 1.54) is 7.11 Å². The second-order valence-corrected chi connectivity index (χ2v) is 5.31. The number of halogens is 1. The number of nitrogens with one attached hydrogen (secondary N) is 2. The van der Waals surface area contributed by atoms with Crippen LogP contribution in [0.15, 0.2) is 48.5 Å². The van der Waals surface area contributed by atoms with Crippen molar-refractivity contribution in [2.45, 2.75) is 0 Å². The van der Waals surface area contributed by atoms with Gasteiger partial charge in [0.1, 0.15) is 5.69 Å². The topological polar surface area (TPSA) is 71.2 Å². The minimum atomic E-state index is -0.650. The van der Waals surface area contributed by atoms with Crippen LogP contribution in [0.2, 0.25) is 5.02 Å². The maximum absolute atomic E-state index is 12.7. The lowest BCUT2D eigenvalue weighted by atomic mass is 10.1. The molecule has 1 aromatic heterocycles. The lowest BCUT2D eigenvalue weighted by molar-refractivity contribution is 0.103. The summed E-state index contributed by atoms with van der Waals surface area (Å²) >= 11 is 5.99. The predicted molar refractivity (Wildman–Crippen MR) is 89.2 cm³/mol. The number of benzene rings is 2. The van der Waals surface area contributed by atoms with Crippen molar-refractivity contribution in [3.63, 3.8) is 0 Å². The van der Waals surface area contributed by atoms with Gasteiger partial charge in [0.2, 0.25) is 5.78 Å². The number of fused-ring (bicyclic) bond motifs is 1. The van der Waals surface area contributed by atoms with E-state index < -0.39 is 6.09 Å². The number of hydrogen-bond acceptors (Lipinski definition) is 3. The number of methoxy groups -OCH3 is 1. The van der Waals surface area contributed by atoms with Crippen molar-refractivity contribution in [1.82, 2.24) is 4.98 Å². The Labute approximate surface area is 137 Å². The van der Waals surface area contributed by atoms with Crippen LogP contribution >= 0.6 is 11.6 Å². The molecule has 0 aliphatic rings. The quantitative estimate of drug-likeness (QED) is 0.707. The third-order valence-electron chi connectivity index (χ3n) is 3.44. The standard InChI is InChI=1S/C17H13ClN2O3/c1-23-17(22)20-14-12-8-7-11(18)9-13(12)19-15(14)16(21)10-5-3-2-4-6-10/h2-9,19H,1H3,(H,20,22). The summed E-state index contributed by atoms with van der Waals surface area (Å²) in [6, 6.07) is 13.9. The maximum atomic E-state index is 12.7. The summed E-state index contributed by atoms with van der Waals surface area (Å²) < 4.78 is 4.64. The number of aromatic amines is 1. The molecule has 0 aliphatic carbocycles. The highest BCUT2D eigenvalue weighted by Gasteiger charge is 2.21. The lowest BCUT2D eigenvalue weighted by Crippen LogP contribution is -2.14. The van der Waals surface area contributed by atoms with E-state index >= 15 is 0 Å². The molecule has 1 amide bonds. The first-order valence-corrected chi connectivity index (χ1v) is 7.24. The van der Waals surface area contributed by atoms with Crippen molar-refractivity contribution in [3.8, 4) is 0 Å². The van der Waals surface area contributed by atoms with E-state index in [0.29, 0.717) is 27.2 Å². The normalized spacial score (nSPS) is 10.5. The number of rotatable bonds is 3. The largest absolute Gasteiger partial charge is 0.453 e. The number of aromatic nitrogens is 1. The molecule has 116 valence electrons. The Hall–Kier alpha value is -2.79. The fourth-order valence-electron chi connectivity index (χ4n) is 2.36. The van der Waals surface area contributed by atoms with Crippen LogP contribution in [0.5, 0.6) is 0 Å². The van der Waals surface area contributed by atoms with Crippen molar-refractivity contribution in [2.24, 2.45) is 0 Å². The zero-order chi connectivity index (χ0) is 16.4. The van der Waals surface area contributed by atoms with E-state index in [9.17, 15) is 9.59 Å². The van der Waals surface area contributed by atoms with Gasteiger partial charge in [-0.15, -0.1) is 0 Å². The van der Waals surface area contributed by atoms with E-state index in [0.717, 1.165) is 0 Å². The van der Waals surface area contributed by atoms with Gasteiger partial charge < -0.3 is 9.72 Å². The van der Waals surface area contributed by atoms with Crippen LogP contribution in [0.25, 0.3) is 10.9 Å². The van der Waals surface area contributed by atoms with E-state index in [1.807, 2.05) is 6.07 Å². The molecule has 0 saturated heterocycles. The highest BCUT2D eigenvalue weighted by atomic mass is 35.5. The monoisotopic (exact) mass is 328 g/mol. The van der Waals surface area contributed by atoms with Gasteiger partial charge in [0.05, 0.1) is 12.8 Å². The van der Waals surface area contributed by atoms with Gasteiger partial charge in [-0.05, 0) is 18.2 Å². The first-order valence-electron chi connectivity index (χ1n) is 6.86. The van der Waals surface area contributed by atoms with Gasteiger partial charge in [0.15, 0.2) is 0 Å². The average molecular weight is 329 g/mol. The molecule has 2 aromatic carbocycles. The minimum absolute atomic E-state index is 0.232. The third kappa shape index (κ3) is 2.91. The summed E-state index contributed by atoms with van der Waals surface area (Å²) in [5.41, 5.74) is 1.82. The summed E-state index contributed by atoms with van der Waals surface area (Å²) in [5, 5.41) is 3.81. The van der Waals surface area contributed by atoms with Crippen LogP contribution in [0, 0.1) is 0 Å². The predicted octanol–water partition coefficient (Wildman–Crippen LogP) is 4.23. The molecular formula is C17H13ClN2O3. The van der Waals surface area contributed by atoms with Gasteiger partial charge in [-0.2, -0.15) is 0 Å². The summed E-state index contributed by atoms with van der Waals surface area (Å²) in [7, 11) is 1.26. The minimum Gasteiger partial charge on any atom is -0.453 e. The van der Waals surface area contributed by atoms with Crippen molar-refractivity contribution < 1.29 is 14.3 Å². The lowest BCUT2D eigenvalue weighted by Gasteiger charge is -2.06. The van der Waals surface area contributed by atoms with Crippen molar-refractivity contribution in [1.29, 1.82) is 0 Å². The molecule has 0 aliphatic heterocycles. The second kappa shape index (κ2) is 6.14. The highest BCUT2D eigenvalue weighted by molar-refractivity contribution is 6.31. The number of ketones is 1. The highest BCUT2D eigenvalue weighted by Crippen LogP contribution is 2.31. The maximum Gasteiger partial charge on any atom is 0.411 e. The molecule has 2 N–H and O–H groups in total. The zero-order valence-corrected chi connectivity index (χ0v) is 13.0. The van der Waals surface area contributed by atoms with Crippen LogP contribution < -0.4 is 5.32 Å². The van der Waals surface area contributed by atoms with Gasteiger partial charge in [-0.1, -0.05) is 41.9 Å². The van der Waals surface area contributed by atoms with Crippen LogP contribution in [0.4, 0.5) is 10.5 Å². The second-order valence-electron chi connectivity index (χ2n) is 4.88. The number of H-pyrrole nitrogens is 1. The fourth-order valence-corrected chi connectivity index (χ4v) is 2.53. The smallest absolute Gasteiger partial charge is 0.411 e. The number of carbonyl (C=O) groups is 2. The first-order chi connectivity index (χ1) is 11.1. The first kappa shape index (κ1) is 15.1. The van der Waals surface area contributed by atoms with Crippen LogP contribution in [-0.4, -0.2) is 24.0 Å². The Balaban J connectivity index is 2.16. The molecule has 0 unspecified atom stereocenters. The van der Waals surface area contributed by atoms with Crippen molar-refractivity contribution >= 4 is 40.1 Å². The van der Waals surface area contributed by atoms with Crippen LogP contribution in [-0.2, 0) is 4.74 Å². The molecule has 0 radical (unpaired) electrons. The molecule has 1 heterocycles. The number of hydrogen-bond donors (Lipinski definition) is 2. The van der Waals surface area contributed by atoms with Gasteiger partial charge in [-0.25, -0.2) is 4.79 Å². The molecule has 0 fully saturated rings. The Kier molecular flexibility index (Phi) is 4.04. The summed E-state index contributed by atoms with van der Waals surface area (Å²) in [5.74, 6) is -0.232. The molecule has 0 spiro atoms. The van der Waals surface area contributed by atoms with Crippen molar-refractivity contribution in [2.75, 3.05) is 12.4 Å². The van der Waals surface area contributed by atoms with Gasteiger partial charge >= 0.3 is 6.09 Å². The Morgan fingerprint density at radius 1 is 1.13 bits per heavy atom. The zero-order valence-electron chi connectivity index (χ0n) is 12.2. The molecule has 0 saturated carbocycles. The number of ether oxygens (including phenoxy) is 1. The SMILES string of the molecule is COC(=O)Nc1c(C(=O)c2ccccc2)[nH]c2cc(Cl)ccc12. The molecule has 3 aromatic rings. The van der Waals surface area contributed by atoms with Crippen molar-refractivity contribution in [3.05, 3.63) is 64.8 Å². The molecule has 0 bridgehead atoms. The number of amides is 1. The summed E-state index contributed by atoms with van der Waals surface area (Å²) in [6.45, 7) is 0. The van der Waals surface area contributed by atoms with Crippen LogP contribution in [0.3, 0.4) is 0 Å². The van der Waals surface area contributed by atoms with Crippen LogP contribution in [0.1, 0.15) is 16.1 Å². The molecule has 5 nitrogen and oxygen atoms in total. The molecule has 0 atom stereocenters. The Morgan fingerprint density at radius 2 is 1.87 bits per heavy atom. The number of carbonyl (C=O) groups excluding carboxylic acids is 2. The van der Waals surface area contributed by atoms with E-state index in [4.69, 9.17) is 11.6 Å². The third-order valence-corrected chi connectivity index (χ3v) is 3.67. The fraction of sp³-hybridized carbons (Fsp3) is 0.0588. The van der Waals surface area contributed by atoms with Gasteiger partial charge in [0, 0.05) is 21.5 Å². The molecule has 3 rings (SSSR count). The van der Waals surface area contributed by atoms with E-state index in [1.54, 1.807) is 42.5 Å². The molecule has 6 heteroatoms. The van der Waals surface area contributed by atoms with E-state index in [-0.39, 0.29) is 11.5 Å². The Morgan fingerprint density at radius 3 is 2.57 bits per heavy atom.